The highest BCUT2D eigenvalue weighted by Gasteiger charge is 2.21. The smallest absolute Gasteiger partial charge is 0.313 e. The largest absolute Gasteiger partial charge is 0.461 e. The second kappa shape index (κ2) is 12.0. The van der Waals surface area contributed by atoms with Crippen LogP contribution in [0.4, 0.5) is 0 Å². The highest BCUT2D eigenvalue weighted by Crippen LogP contribution is 2.24. The van der Waals surface area contributed by atoms with Crippen molar-refractivity contribution in [3.63, 3.8) is 0 Å². The van der Waals surface area contributed by atoms with Crippen molar-refractivity contribution in [3.8, 4) is 0 Å². The molecular formula is C20H30O2. The van der Waals surface area contributed by atoms with Crippen molar-refractivity contribution in [2.24, 2.45) is 0 Å². The maximum absolute atomic E-state index is 12.2. The summed E-state index contributed by atoms with van der Waals surface area (Å²) < 4.78 is 5.26. The molecule has 0 spiro atoms. The minimum atomic E-state index is -0.142. The lowest BCUT2D eigenvalue weighted by Crippen LogP contribution is -2.16. The topological polar surface area (TPSA) is 26.3 Å². The van der Waals surface area contributed by atoms with Gasteiger partial charge in [0.05, 0.1) is 5.92 Å². The monoisotopic (exact) mass is 302 g/mol. The van der Waals surface area contributed by atoms with Gasteiger partial charge in [0.1, 0.15) is 6.61 Å². The van der Waals surface area contributed by atoms with Gasteiger partial charge in [-0.1, -0.05) is 94.9 Å². The first kappa shape index (κ1) is 18.5. The number of esters is 1. The van der Waals surface area contributed by atoms with Gasteiger partial charge in [-0.2, -0.15) is 0 Å². The quantitative estimate of drug-likeness (QED) is 0.284. The van der Waals surface area contributed by atoms with Gasteiger partial charge < -0.3 is 4.74 Å². The van der Waals surface area contributed by atoms with E-state index in [1.165, 1.54) is 38.5 Å². The Morgan fingerprint density at radius 2 is 1.73 bits per heavy atom. The maximum Gasteiger partial charge on any atom is 0.313 e. The number of unbranched alkanes of at least 4 members (excludes halogenated alkanes) is 6. The van der Waals surface area contributed by atoms with E-state index in [2.05, 4.69) is 13.5 Å². The SMILES string of the molecule is C=CCOC(=O)C(CCCCCCCCC)c1ccccc1. The Morgan fingerprint density at radius 1 is 1.09 bits per heavy atom. The van der Waals surface area contributed by atoms with Gasteiger partial charge in [0.15, 0.2) is 0 Å². The number of ether oxygens (including phenoxy) is 1. The molecule has 0 saturated heterocycles. The van der Waals surface area contributed by atoms with Crippen LogP contribution < -0.4 is 0 Å². The Hall–Kier alpha value is -1.57. The number of benzene rings is 1. The minimum absolute atomic E-state index is 0.128. The van der Waals surface area contributed by atoms with E-state index < -0.39 is 0 Å². The molecule has 2 nitrogen and oxygen atoms in total. The lowest BCUT2D eigenvalue weighted by molar-refractivity contribution is -0.144. The molecule has 122 valence electrons. The van der Waals surface area contributed by atoms with Crippen molar-refractivity contribution in [2.45, 2.75) is 64.2 Å². The number of carbonyl (C=O) groups excluding carboxylic acids is 1. The summed E-state index contributed by atoms with van der Waals surface area (Å²) in [6.45, 7) is 6.12. The fourth-order valence-corrected chi connectivity index (χ4v) is 2.65. The Labute approximate surface area is 135 Å². The number of hydrogen-bond donors (Lipinski definition) is 0. The van der Waals surface area contributed by atoms with E-state index in [4.69, 9.17) is 4.74 Å². The summed E-state index contributed by atoms with van der Waals surface area (Å²) in [5.74, 6) is -0.270. The lowest BCUT2D eigenvalue weighted by atomic mass is 9.93. The molecule has 0 fully saturated rings. The van der Waals surface area contributed by atoms with Crippen molar-refractivity contribution in [2.75, 3.05) is 6.61 Å². The van der Waals surface area contributed by atoms with E-state index in [1.54, 1.807) is 6.08 Å². The Balaban J connectivity index is 2.42. The second-order valence-corrected chi connectivity index (χ2v) is 5.79. The Kier molecular flexibility index (Phi) is 10.1. The summed E-state index contributed by atoms with van der Waals surface area (Å²) >= 11 is 0. The third-order valence-corrected chi connectivity index (χ3v) is 3.93. The van der Waals surface area contributed by atoms with Gasteiger partial charge in [-0.3, -0.25) is 4.79 Å². The molecule has 0 aliphatic rings. The summed E-state index contributed by atoms with van der Waals surface area (Å²) in [4.78, 5) is 12.2. The summed E-state index contributed by atoms with van der Waals surface area (Å²) in [6, 6.07) is 9.97. The molecule has 0 aromatic heterocycles. The average Bonchev–Trinajstić information content (AvgIpc) is 2.56. The van der Waals surface area contributed by atoms with Crippen LogP contribution in [0.1, 0.15) is 69.8 Å². The zero-order valence-corrected chi connectivity index (χ0v) is 13.9. The molecule has 0 aliphatic carbocycles. The van der Waals surface area contributed by atoms with E-state index in [0.29, 0.717) is 6.61 Å². The van der Waals surface area contributed by atoms with Gasteiger partial charge in [0.2, 0.25) is 0 Å². The third-order valence-electron chi connectivity index (χ3n) is 3.93. The predicted molar refractivity (Wildman–Crippen MR) is 92.9 cm³/mol. The van der Waals surface area contributed by atoms with Gasteiger partial charge in [0, 0.05) is 0 Å². The normalized spacial score (nSPS) is 11.9. The van der Waals surface area contributed by atoms with Crippen molar-refractivity contribution < 1.29 is 9.53 Å². The van der Waals surface area contributed by atoms with Crippen molar-refractivity contribution in [3.05, 3.63) is 48.6 Å². The fraction of sp³-hybridized carbons (Fsp3) is 0.550. The van der Waals surface area contributed by atoms with Crippen LogP contribution in [0.25, 0.3) is 0 Å². The van der Waals surface area contributed by atoms with E-state index in [9.17, 15) is 4.79 Å². The van der Waals surface area contributed by atoms with Crippen molar-refractivity contribution >= 4 is 5.97 Å². The first-order valence-corrected chi connectivity index (χ1v) is 8.62. The highest BCUT2D eigenvalue weighted by atomic mass is 16.5. The standard InChI is InChI=1S/C20H30O2/c1-3-5-6-7-8-9-13-16-19(20(21)22-17-4-2)18-14-11-10-12-15-18/h4,10-12,14-15,19H,2-3,5-9,13,16-17H2,1H3. The number of carbonyl (C=O) groups is 1. The van der Waals surface area contributed by atoms with Crippen LogP contribution in [0.15, 0.2) is 43.0 Å². The molecule has 1 rings (SSSR count). The molecular weight excluding hydrogens is 272 g/mol. The first-order valence-electron chi connectivity index (χ1n) is 8.62. The van der Waals surface area contributed by atoms with E-state index in [0.717, 1.165) is 18.4 Å². The number of rotatable bonds is 12. The zero-order valence-electron chi connectivity index (χ0n) is 13.9. The van der Waals surface area contributed by atoms with Crippen LogP contribution in [-0.4, -0.2) is 12.6 Å². The first-order chi connectivity index (χ1) is 10.8. The minimum Gasteiger partial charge on any atom is -0.461 e. The summed E-state index contributed by atoms with van der Waals surface area (Å²) in [7, 11) is 0. The van der Waals surface area contributed by atoms with Crippen LogP contribution in [0.3, 0.4) is 0 Å². The molecule has 0 radical (unpaired) electrons. The molecule has 0 N–H and O–H groups in total. The fourth-order valence-electron chi connectivity index (χ4n) is 2.65. The molecule has 0 aliphatic heterocycles. The molecule has 0 heterocycles. The maximum atomic E-state index is 12.2. The van der Waals surface area contributed by atoms with Gasteiger partial charge in [-0.05, 0) is 12.0 Å². The van der Waals surface area contributed by atoms with Crippen LogP contribution in [-0.2, 0) is 9.53 Å². The molecule has 2 heteroatoms. The molecule has 0 saturated carbocycles. The van der Waals surface area contributed by atoms with Crippen LogP contribution >= 0.6 is 0 Å². The average molecular weight is 302 g/mol. The van der Waals surface area contributed by atoms with Crippen LogP contribution in [0.2, 0.25) is 0 Å². The lowest BCUT2D eigenvalue weighted by Gasteiger charge is -2.16. The second-order valence-electron chi connectivity index (χ2n) is 5.79. The number of hydrogen-bond acceptors (Lipinski definition) is 2. The van der Waals surface area contributed by atoms with E-state index >= 15 is 0 Å². The van der Waals surface area contributed by atoms with Gasteiger partial charge in [-0.25, -0.2) is 0 Å². The summed E-state index contributed by atoms with van der Waals surface area (Å²) in [6.07, 6.45) is 11.3. The van der Waals surface area contributed by atoms with E-state index in [1.807, 2.05) is 30.3 Å². The Morgan fingerprint density at radius 3 is 2.36 bits per heavy atom. The highest BCUT2D eigenvalue weighted by molar-refractivity contribution is 5.78. The molecule has 0 amide bonds. The molecule has 0 bridgehead atoms. The van der Waals surface area contributed by atoms with Crippen molar-refractivity contribution in [1.29, 1.82) is 0 Å². The molecule has 1 aromatic rings. The summed E-state index contributed by atoms with van der Waals surface area (Å²) in [5.41, 5.74) is 1.06. The molecule has 1 atom stereocenters. The van der Waals surface area contributed by atoms with Crippen molar-refractivity contribution in [1.82, 2.24) is 0 Å². The summed E-state index contributed by atoms with van der Waals surface area (Å²) in [5, 5.41) is 0. The molecule has 22 heavy (non-hydrogen) atoms. The van der Waals surface area contributed by atoms with Gasteiger partial charge >= 0.3 is 5.97 Å². The van der Waals surface area contributed by atoms with Gasteiger partial charge in [-0.15, -0.1) is 0 Å². The molecule has 1 aromatic carbocycles. The van der Waals surface area contributed by atoms with Crippen LogP contribution in [0, 0.1) is 0 Å². The predicted octanol–water partition coefficient (Wildman–Crippen LogP) is 5.64. The zero-order chi connectivity index (χ0) is 16.0. The third kappa shape index (κ3) is 7.44. The van der Waals surface area contributed by atoms with Crippen LogP contribution in [0.5, 0.6) is 0 Å². The van der Waals surface area contributed by atoms with Gasteiger partial charge in [0.25, 0.3) is 0 Å². The Bertz CT molecular complexity index is 411. The molecule has 1 unspecified atom stereocenters. The van der Waals surface area contributed by atoms with E-state index in [-0.39, 0.29) is 11.9 Å².